The molecule has 0 aliphatic heterocycles. The lowest BCUT2D eigenvalue weighted by molar-refractivity contribution is -0.138. The van der Waals surface area contributed by atoms with Gasteiger partial charge in [0.15, 0.2) is 0 Å². The van der Waals surface area contributed by atoms with Crippen LogP contribution >= 0.6 is 34.0 Å². The summed E-state index contributed by atoms with van der Waals surface area (Å²) < 4.78 is 137. The normalized spacial score (nSPS) is 12.1. The molecule has 5 heterocycles. The van der Waals surface area contributed by atoms with Crippen molar-refractivity contribution in [2.24, 2.45) is 5.73 Å². The summed E-state index contributed by atoms with van der Waals surface area (Å²) in [6, 6.07) is 45.0. The third-order valence-electron chi connectivity index (χ3n) is 12.2. The van der Waals surface area contributed by atoms with Gasteiger partial charge in [0.25, 0.3) is 5.91 Å². The van der Waals surface area contributed by atoms with Gasteiger partial charge in [-0.2, -0.15) is 39.5 Å². The number of carboxylic acids is 1. The van der Waals surface area contributed by atoms with Crippen molar-refractivity contribution in [2.45, 2.75) is 44.5 Å². The van der Waals surface area contributed by atoms with Crippen molar-refractivity contribution in [2.75, 3.05) is 7.11 Å². The number of esters is 1. The number of methoxy groups -OCH3 is 1. The molecule has 1 amide bonds. The van der Waals surface area contributed by atoms with Gasteiger partial charge >= 0.3 is 30.5 Å². The number of halogens is 9. The Morgan fingerprint density at radius 3 is 1.17 bits per heavy atom. The predicted molar refractivity (Wildman–Crippen MR) is 315 cm³/mol. The number of aromatic nitrogens is 2. The van der Waals surface area contributed by atoms with Gasteiger partial charge in [0.2, 0.25) is 0 Å². The van der Waals surface area contributed by atoms with E-state index in [2.05, 4.69) is 15.3 Å². The van der Waals surface area contributed by atoms with E-state index in [0.29, 0.717) is 37.1 Å². The Kier molecular flexibility index (Phi) is 20.3. The SMILES string of the molecule is COC(=O)c1cc2cccc(Oc3ccc(C(F)(F)F)cc3)c2s1.C[C@H](N)c1ccccn1.C[C@H](NC(=O)c1cc2cccc(Oc3ccc(C(F)(F)F)cc3)c2s1)c1ccccn1.O=C(O)c1cc2cccc(Oc3ccc(C(F)(F)F)cc3)c2s1. The summed E-state index contributed by atoms with van der Waals surface area (Å²) >= 11 is 3.52. The van der Waals surface area contributed by atoms with Crippen LogP contribution in [0, 0.1) is 0 Å². The minimum Gasteiger partial charge on any atom is -0.477 e. The second kappa shape index (κ2) is 27.8. The molecule has 12 nitrogen and oxygen atoms in total. The first-order valence-corrected chi connectivity index (χ1v) is 28.1. The van der Waals surface area contributed by atoms with E-state index in [9.17, 15) is 53.9 Å². The number of carbonyl (C=O) groups excluding carboxylic acids is 2. The number of nitrogens with zero attached hydrogens (tertiary/aromatic N) is 2. The molecule has 0 radical (unpaired) electrons. The van der Waals surface area contributed by atoms with Crippen LogP contribution in [-0.2, 0) is 23.3 Å². The summed E-state index contributed by atoms with van der Waals surface area (Å²) in [5.74, 6) is 0.428. The lowest BCUT2D eigenvalue weighted by atomic mass is 10.2. The second-order valence-electron chi connectivity index (χ2n) is 18.5. The van der Waals surface area contributed by atoms with E-state index in [1.54, 1.807) is 67.0 Å². The molecule has 11 aromatic rings. The third kappa shape index (κ3) is 17.0. The highest BCUT2D eigenvalue weighted by Gasteiger charge is 2.32. The van der Waals surface area contributed by atoms with Crippen molar-refractivity contribution in [3.63, 3.8) is 0 Å². The van der Waals surface area contributed by atoms with E-state index in [-0.39, 0.29) is 40.1 Å². The van der Waals surface area contributed by atoms with Gasteiger partial charge in [-0.15, -0.1) is 34.0 Å². The molecule has 0 spiro atoms. The summed E-state index contributed by atoms with van der Waals surface area (Å²) in [6.45, 7) is 3.77. The Morgan fingerprint density at radius 1 is 0.483 bits per heavy atom. The molecule has 448 valence electrons. The molecule has 0 fully saturated rings. The Bertz CT molecular complexity index is 4120. The van der Waals surface area contributed by atoms with Crippen LogP contribution in [0.3, 0.4) is 0 Å². The number of thiophene rings is 3. The van der Waals surface area contributed by atoms with E-state index < -0.39 is 47.2 Å². The van der Waals surface area contributed by atoms with Crippen molar-refractivity contribution in [3.05, 3.63) is 237 Å². The van der Waals surface area contributed by atoms with Gasteiger partial charge in [0.05, 0.1) is 60.2 Å². The monoisotopic (exact) mass is 1250 g/mol. The number of hydrogen-bond acceptors (Lipinski definition) is 13. The van der Waals surface area contributed by atoms with Gasteiger partial charge in [0.1, 0.15) is 44.3 Å². The average molecular weight is 1260 g/mol. The van der Waals surface area contributed by atoms with Crippen LogP contribution in [0.1, 0.15) is 83.0 Å². The number of carbonyl (C=O) groups is 3. The fraction of sp³-hybridized carbons (Fsp3) is 0.127. The molecule has 0 unspecified atom stereocenters. The van der Waals surface area contributed by atoms with Gasteiger partial charge in [-0.05, 0) is 163 Å². The smallest absolute Gasteiger partial charge is 0.416 e. The highest BCUT2D eigenvalue weighted by atomic mass is 32.1. The molecule has 5 aromatic heterocycles. The molecule has 4 N–H and O–H groups in total. The Balaban J connectivity index is 0.000000159. The van der Waals surface area contributed by atoms with Crippen molar-refractivity contribution >= 4 is 82.1 Å². The molecule has 87 heavy (non-hydrogen) atoms. The van der Waals surface area contributed by atoms with Crippen LogP contribution in [-0.4, -0.2) is 40.0 Å². The van der Waals surface area contributed by atoms with Crippen molar-refractivity contribution in [3.8, 4) is 34.5 Å². The molecule has 0 saturated carbocycles. The minimum atomic E-state index is -4.40. The third-order valence-corrected chi connectivity index (χ3v) is 15.7. The zero-order chi connectivity index (χ0) is 62.6. The minimum absolute atomic E-state index is 0.0474. The van der Waals surface area contributed by atoms with Crippen molar-refractivity contribution in [1.82, 2.24) is 15.3 Å². The van der Waals surface area contributed by atoms with Gasteiger partial charge in [-0.1, -0.05) is 48.5 Å². The fourth-order valence-electron chi connectivity index (χ4n) is 7.90. The first-order valence-electron chi connectivity index (χ1n) is 25.7. The first kappa shape index (κ1) is 63.7. The molecule has 0 aliphatic carbocycles. The molecule has 6 aromatic carbocycles. The van der Waals surface area contributed by atoms with Crippen LogP contribution in [0.5, 0.6) is 34.5 Å². The molecule has 11 rings (SSSR count). The van der Waals surface area contributed by atoms with Gasteiger partial charge in [0, 0.05) is 18.4 Å². The molecular formula is C63H47F9N4O8S3. The van der Waals surface area contributed by atoms with E-state index in [1.807, 2.05) is 62.4 Å². The van der Waals surface area contributed by atoms with Crippen LogP contribution < -0.4 is 25.3 Å². The Labute approximate surface area is 501 Å². The summed E-state index contributed by atoms with van der Waals surface area (Å²) in [4.78, 5) is 44.8. The van der Waals surface area contributed by atoms with Crippen molar-refractivity contribution < 1.29 is 78.0 Å². The number of amides is 1. The highest BCUT2D eigenvalue weighted by Crippen LogP contribution is 2.41. The lowest BCUT2D eigenvalue weighted by Gasteiger charge is -2.12. The second-order valence-corrected chi connectivity index (χ2v) is 21.7. The number of fused-ring (bicyclic) bond motifs is 3. The number of benzene rings is 6. The van der Waals surface area contributed by atoms with E-state index >= 15 is 0 Å². The number of rotatable bonds is 12. The maximum absolute atomic E-state index is 12.8. The lowest BCUT2D eigenvalue weighted by Crippen LogP contribution is -2.26. The van der Waals surface area contributed by atoms with Crippen LogP contribution in [0.25, 0.3) is 30.3 Å². The van der Waals surface area contributed by atoms with Crippen LogP contribution in [0.15, 0.2) is 194 Å². The Hall–Kier alpha value is -9.36. The average Bonchev–Trinajstić information content (AvgIpc) is 3.17. The number of pyridine rings is 2. The largest absolute Gasteiger partial charge is 0.477 e. The van der Waals surface area contributed by atoms with E-state index in [0.717, 1.165) is 79.3 Å². The van der Waals surface area contributed by atoms with E-state index in [1.165, 1.54) is 72.2 Å². The summed E-state index contributed by atoms with van der Waals surface area (Å²) in [6.07, 6.45) is -9.77. The van der Waals surface area contributed by atoms with Crippen molar-refractivity contribution in [1.29, 1.82) is 0 Å². The van der Waals surface area contributed by atoms with Gasteiger partial charge < -0.3 is 35.1 Å². The predicted octanol–water partition coefficient (Wildman–Crippen LogP) is 18.6. The number of aromatic carboxylic acids is 1. The number of ether oxygens (including phenoxy) is 4. The highest BCUT2D eigenvalue weighted by molar-refractivity contribution is 7.22. The number of hydrogen-bond donors (Lipinski definition) is 3. The number of nitrogens with two attached hydrogens (primary N) is 1. The standard InChI is InChI=1S/C23H17F3N2O2S.C17H11F3O3S.C16H9F3O3S.C7H10N2/c1-14(18-6-2-3-12-27-18)28-22(29)20-13-15-5-4-7-19(21(15)31-20)30-17-10-8-16(9-11-17)23(24,25)26;1-22-16(21)14-9-10-3-2-4-13(15(10)24-14)23-12-7-5-11(6-8-12)17(18,19)20;17-16(18,19)10-4-6-11(7-5-10)22-12-3-1-2-9-8-13(15(20)21)23-14(9)12;1-6(8)7-4-2-3-5-9-7/h2-14H,1H3,(H,28,29);2-9H,1H3;1-8H,(H,20,21);2-6H,8H2,1H3/t14-;;;6-/m0..0/s1. The van der Waals surface area contributed by atoms with Crippen LogP contribution in [0.4, 0.5) is 39.5 Å². The topological polar surface area (TPSA) is 172 Å². The Morgan fingerprint density at radius 2 is 0.839 bits per heavy atom. The molecule has 0 saturated heterocycles. The first-order chi connectivity index (χ1) is 41.3. The van der Waals surface area contributed by atoms with Gasteiger partial charge in [-0.25, -0.2) is 9.59 Å². The molecule has 0 bridgehead atoms. The number of alkyl halides is 9. The maximum Gasteiger partial charge on any atom is 0.416 e. The molecule has 2 atom stereocenters. The molecule has 0 aliphatic rings. The summed E-state index contributed by atoms with van der Waals surface area (Å²) in [5.41, 5.74) is 5.01. The van der Waals surface area contributed by atoms with Crippen LogP contribution in [0.2, 0.25) is 0 Å². The molecular weight excluding hydrogens is 1210 g/mol. The van der Waals surface area contributed by atoms with Gasteiger partial charge in [-0.3, -0.25) is 14.8 Å². The maximum atomic E-state index is 12.8. The van der Waals surface area contributed by atoms with E-state index in [4.69, 9.17) is 29.8 Å². The molecule has 24 heteroatoms. The quantitative estimate of drug-likeness (QED) is 0.0785. The number of nitrogens with one attached hydrogen (secondary N) is 1. The number of carboxylic acid groups (broad SMARTS) is 1. The zero-order valence-electron chi connectivity index (χ0n) is 45.5. The summed E-state index contributed by atoms with van der Waals surface area (Å²) in [5, 5.41) is 14.3. The zero-order valence-corrected chi connectivity index (χ0v) is 48.0. The fourth-order valence-corrected chi connectivity index (χ4v) is 10.9. The summed E-state index contributed by atoms with van der Waals surface area (Å²) in [7, 11) is 1.30.